The third kappa shape index (κ3) is 7.95. The van der Waals surface area contributed by atoms with Crippen LogP contribution >= 0.6 is 23.2 Å². The summed E-state index contributed by atoms with van der Waals surface area (Å²) in [5.74, 6) is -2.72. The summed E-state index contributed by atoms with van der Waals surface area (Å²) in [4.78, 5) is 40.0. The van der Waals surface area contributed by atoms with E-state index in [9.17, 15) is 36.8 Å². The number of imide groups is 1. The minimum absolute atomic E-state index is 0.0349. The standard InChI is InChI=1S/C29H25Cl2F2N3O9S/c1-46(41,42)34-17-5-6-18-19(9-17)28(39)36(27(18)38)13-26(37)44-24(10-20-21(30)11-35(40)12-22(20)31)16-4-7-23(45-29(32)33)25(8-16)43-14-15-2-3-15/h4-9,11-12,15,24,29,34H,2-3,10,13-14H2,1H3. The predicted octanol–water partition coefficient (Wildman–Crippen LogP) is 4.51. The second-order valence-electron chi connectivity index (χ2n) is 10.6. The first-order valence-electron chi connectivity index (χ1n) is 13.6. The van der Waals surface area contributed by atoms with Crippen LogP contribution in [-0.2, 0) is 26.0 Å². The van der Waals surface area contributed by atoms with Gasteiger partial charge < -0.3 is 19.4 Å². The average Bonchev–Trinajstić information content (AvgIpc) is 3.76. The van der Waals surface area contributed by atoms with Gasteiger partial charge in [-0.2, -0.15) is 13.5 Å². The van der Waals surface area contributed by atoms with Crippen LogP contribution in [-0.4, -0.2) is 57.1 Å². The molecule has 1 fully saturated rings. The topological polar surface area (TPSA) is 155 Å². The number of esters is 1. The Bertz CT molecular complexity index is 1800. The van der Waals surface area contributed by atoms with E-state index in [0.717, 1.165) is 31.5 Å². The summed E-state index contributed by atoms with van der Waals surface area (Å²) in [5, 5.41) is 11.7. The number of nitrogens with zero attached hydrogens (tertiary/aromatic N) is 2. The number of alkyl halides is 2. The molecule has 0 saturated heterocycles. The third-order valence-corrected chi connectivity index (χ3v) is 8.27. The molecule has 0 bridgehead atoms. The molecule has 1 aliphatic heterocycles. The number of hydrogen-bond donors (Lipinski definition) is 1. The molecule has 46 heavy (non-hydrogen) atoms. The van der Waals surface area contributed by atoms with Crippen LogP contribution in [0, 0.1) is 11.1 Å². The quantitative estimate of drug-likeness (QED) is 0.117. The van der Waals surface area contributed by atoms with E-state index in [0.29, 0.717) is 9.63 Å². The lowest BCUT2D eigenvalue weighted by molar-refractivity contribution is -0.605. The van der Waals surface area contributed by atoms with E-state index in [1.54, 1.807) is 0 Å². The van der Waals surface area contributed by atoms with Crippen molar-refractivity contribution >= 4 is 56.7 Å². The lowest BCUT2D eigenvalue weighted by Gasteiger charge is -2.22. The van der Waals surface area contributed by atoms with Crippen molar-refractivity contribution in [3.05, 3.63) is 86.3 Å². The van der Waals surface area contributed by atoms with E-state index >= 15 is 0 Å². The van der Waals surface area contributed by atoms with E-state index in [2.05, 4.69) is 9.46 Å². The zero-order chi connectivity index (χ0) is 33.3. The minimum atomic E-state index is -3.67. The van der Waals surface area contributed by atoms with E-state index in [1.165, 1.54) is 36.4 Å². The Kier molecular flexibility index (Phi) is 9.56. The van der Waals surface area contributed by atoms with Crippen LogP contribution in [0.25, 0.3) is 0 Å². The van der Waals surface area contributed by atoms with Gasteiger partial charge in [0.2, 0.25) is 10.0 Å². The summed E-state index contributed by atoms with van der Waals surface area (Å²) in [6.45, 7) is -3.72. The average molecular weight is 701 g/mol. The van der Waals surface area contributed by atoms with E-state index in [1.807, 2.05) is 0 Å². The highest BCUT2D eigenvalue weighted by atomic mass is 35.5. The highest BCUT2D eigenvalue weighted by molar-refractivity contribution is 7.92. The number of nitrogens with one attached hydrogen (secondary N) is 1. The van der Waals surface area contributed by atoms with Gasteiger partial charge >= 0.3 is 12.6 Å². The van der Waals surface area contributed by atoms with Gasteiger partial charge in [0.05, 0.1) is 24.0 Å². The van der Waals surface area contributed by atoms with Crippen LogP contribution in [0.3, 0.4) is 0 Å². The number of hydrogen-bond acceptors (Lipinski definition) is 9. The highest BCUT2D eigenvalue weighted by Gasteiger charge is 2.38. The third-order valence-electron chi connectivity index (χ3n) is 7.01. The molecule has 1 aliphatic carbocycles. The minimum Gasteiger partial charge on any atom is -0.619 e. The van der Waals surface area contributed by atoms with Crippen molar-refractivity contribution in [2.45, 2.75) is 32.0 Å². The second-order valence-corrected chi connectivity index (χ2v) is 13.2. The molecule has 2 heterocycles. The van der Waals surface area contributed by atoms with Gasteiger partial charge in [0, 0.05) is 17.7 Å². The number of carbonyl (C=O) groups excluding carboxylic acids is 3. The monoisotopic (exact) mass is 699 g/mol. The number of aromatic nitrogens is 1. The van der Waals surface area contributed by atoms with Gasteiger partial charge in [0.15, 0.2) is 23.9 Å². The number of carbonyl (C=O) groups is 3. The Morgan fingerprint density at radius 1 is 1.07 bits per heavy atom. The molecule has 0 spiro atoms. The lowest BCUT2D eigenvalue weighted by Crippen LogP contribution is -2.36. The molecule has 0 radical (unpaired) electrons. The highest BCUT2D eigenvalue weighted by Crippen LogP contribution is 2.38. The van der Waals surface area contributed by atoms with Crippen molar-refractivity contribution in [1.82, 2.24) is 4.90 Å². The number of halogens is 4. The van der Waals surface area contributed by atoms with E-state index < -0.39 is 47.1 Å². The predicted molar refractivity (Wildman–Crippen MR) is 160 cm³/mol. The van der Waals surface area contributed by atoms with Crippen molar-refractivity contribution in [1.29, 1.82) is 0 Å². The molecule has 17 heteroatoms. The Balaban J connectivity index is 1.42. The van der Waals surface area contributed by atoms with Gasteiger partial charge in [-0.05, 0) is 54.7 Å². The van der Waals surface area contributed by atoms with E-state index in [-0.39, 0.29) is 68.4 Å². The van der Waals surface area contributed by atoms with Gasteiger partial charge in [0.1, 0.15) is 22.7 Å². The molecule has 2 amide bonds. The number of rotatable bonds is 13. The van der Waals surface area contributed by atoms with Crippen molar-refractivity contribution in [2.75, 3.05) is 24.1 Å². The maximum atomic E-state index is 13.3. The first-order valence-corrected chi connectivity index (χ1v) is 16.3. The molecular formula is C29H25Cl2F2N3O9S. The number of anilines is 1. The molecule has 5 rings (SSSR count). The van der Waals surface area contributed by atoms with Crippen LogP contribution in [0.1, 0.15) is 50.8 Å². The normalized spacial score (nSPS) is 15.1. The summed E-state index contributed by atoms with van der Waals surface area (Å²) in [5.41, 5.74) is 0.332. The number of amides is 2. The molecule has 1 atom stereocenters. The van der Waals surface area contributed by atoms with Crippen molar-refractivity contribution in [3.63, 3.8) is 0 Å². The Morgan fingerprint density at radius 3 is 2.37 bits per heavy atom. The molecule has 1 N–H and O–H groups in total. The summed E-state index contributed by atoms with van der Waals surface area (Å²) in [7, 11) is -3.67. The maximum Gasteiger partial charge on any atom is 0.387 e. The molecule has 244 valence electrons. The molecule has 1 saturated carbocycles. The molecule has 2 aliphatic rings. The molecule has 12 nitrogen and oxygen atoms in total. The zero-order valence-corrected chi connectivity index (χ0v) is 26.2. The van der Waals surface area contributed by atoms with Gasteiger partial charge in [-0.1, -0.05) is 29.3 Å². The first-order chi connectivity index (χ1) is 21.7. The van der Waals surface area contributed by atoms with Crippen LogP contribution in [0.4, 0.5) is 14.5 Å². The van der Waals surface area contributed by atoms with Crippen LogP contribution in [0.2, 0.25) is 10.0 Å². The first kappa shape index (κ1) is 33.2. The van der Waals surface area contributed by atoms with Gasteiger partial charge in [0.25, 0.3) is 11.8 Å². The summed E-state index contributed by atoms with van der Waals surface area (Å²) in [6, 6.07) is 7.66. The Morgan fingerprint density at radius 2 is 1.74 bits per heavy atom. The molecular weight excluding hydrogens is 675 g/mol. The summed E-state index contributed by atoms with van der Waals surface area (Å²) >= 11 is 12.5. The van der Waals surface area contributed by atoms with Gasteiger partial charge in [-0.3, -0.25) is 24.0 Å². The molecule has 1 aromatic heterocycles. The second kappa shape index (κ2) is 13.3. The smallest absolute Gasteiger partial charge is 0.387 e. The summed E-state index contributed by atoms with van der Waals surface area (Å²) < 4.78 is 68.1. The van der Waals surface area contributed by atoms with Crippen LogP contribution < -0.4 is 18.9 Å². The van der Waals surface area contributed by atoms with E-state index in [4.69, 9.17) is 32.7 Å². The maximum absolute atomic E-state index is 13.3. The molecule has 1 unspecified atom stereocenters. The zero-order valence-electron chi connectivity index (χ0n) is 23.9. The molecule has 2 aromatic carbocycles. The largest absolute Gasteiger partial charge is 0.619 e. The Labute approximate surface area is 271 Å². The number of benzene rings is 2. The van der Waals surface area contributed by atoms with Gasteiger partial charge in [-0.25, -0.2) is 8.42 Å². The summed E-state index contributed by atoms with van der Waals surface area (Å²) in [6.07, 6.45) is 3.40. The number of fused-ring (bicyclic) bond motifs is 1. The van der Waals surface area contributed by atoms with Crippen molar-refractivity contribution in [3.8, 4) is 11.5 Å². The fraction of sp³-hybridized carbons (Fsp3) is 0.310. The molecule has 3 aromatic rings. The fourth-order valence-corrected chi connectivity index (χ4v) is 5.85. The SMILES string of the molecule is CS(=O)(=O)Nc1ccc2c(c1)C(=O)N(CC(=O)OC(Cc1c(Cl)c[n+]([O-])cc1Cl)c1ccc(OC(F)F)c(OCC3CC3)c1)C2=O. The Hall–Kier alpha value is -4.21. The van der Waals surface area contributed by atoms with Crippen molar-refractivity contribution in [2.24, 2.45) is 5.92 Å². The number of pyridine rings is 1. The van der Waals surface area contributed by atoms with Gasteiger partial charge in [-0.15, -0.1) is 0 Å². The number of sulfonamides is 1. The number of ether oxygens (including phenoxy) is 3. The van der Waals surface area contributed by atoms with Crippen LogP contribution in [0.5, 0.6) is 11.5 Å². The van der Waals surface area contributed by atoms with Crippen LogP contribution in [0.15, 0.2) is 48.8 Å². The lowest BCUT2D eigenvalue weighted by atomic mass is 10.0. The fourth-order valence-electron chi connectivity index (χ4n) is 4.70. The van der Waals surface area contributed by atoms with Crippen molar-refractivity contribution < 1.29 is 50.5 Å².